The molecule has 1 atom stereocenters. The van der Waals surface area contributed by atoms with Gasteiger partial charge in [-0.25, -0.2) is 0 Å². The van der Waals surface area contributed by atoms with Crippen LogP contribution in [-0.4, -0.2) is 27.6 Å². The first-order valence-corrected chi connectivity index (χ1v) is 9.73. The molecule has 3 nitrogen and oxygen atoms in total. The number of hydrogen-bond donors (Lipinski definition) is 1. The zero-order chi connectivity index (χ0) is 13.7. The van der Waals surface area contributed by atoms with Crippen LogP contribution in [0.4, 0.5) is 0 Å². The zero-order valence-electron chi connectivity index (χ0n) is 11.9. The monoisotopic (exact) mass is 277 g/mol. The molecule has 1 amide bonds. The fraction of sp³-hybridized carbons (Fsp3) is 0.533. The van der Waals surface area contributed by atoms with Crippen LogP contribution >= 0.6 is 0 Å². The molecule has 1 aromatic carbocycles. The molecule has 0 saturated carbocycles. The molecule has 1 heterocycles. The van der Waals surface area contributed by atoms with Gasteiger partial charge in [0.15, 0.2) is 0 Å². The lowest BCUT2D eigenvalue weighted by atomic mass is 10.3. The summed E-state index contributed by atoms with van der Waals surface area (Å²) in [6, 6.07) is 12.1. The van der Waals surface area contributed by atoms with Crippen molar-refractivity contribution in [2.45, 2.75) is 37.9 Å². The normalized spacial score (nSPS) is 23.6. The van der Waals surface area contributed by atoms with Crippen LogP contribution in [-0.2, 0) is 4.79 Å². The highest BCUT2D eigenvalue weighted by molar-refractivity contribution is 6.92. The van der Waals surface area contributed by atoms with E-state index in [0.29, 0.717) is 6.42 Å². The maximum absolute atomic E-state index is 11.6. The molecule has 4 heteroatoms. The summed E-state index contributed by atoms with van der Waals surface area (Å²) in [5.41, 5.74) is 0. The van der Waals surface area contributed by atoms with Gasteiger partial charge in [0.25, 0.3) is 0 Å². The van der Waals surface area contributed by atoms with Gasteiger partial charge in [-0.15, -0.1) is 0 Å². The van der Waals surface area contributed by atoms with Gasteiger partial charge in [-0.2, -0.15) is 0 Å². The fourth-order valence-corrected chi connectivity index (χ4v) is 7.87. The van der Waals surface area contributed by atoms with Crippen LogP contribution in [0.1, 0.15) is 19.8 Å². The summed E-state index contributed by atoms with van der Waals surface area (Å²) in [6.45, 7) is 3.09. The Hall–Kier alpha value is -1.29. The van der Waals surface area contributed by atoms with Gasteiger partial charge in [0.05, 0.1) is 15.2 Å². The van der Waals surface area contributed by atoms with Gasteiger partial charge in [-0.05, 0) is 24.2 Å². The standard InChI is InChI=1S/C15H23NO2Si/c1-3-10-19(11-8-15(17)16-9-12-19)14-6-4-13(18-2)5-7-14/h4-7H,3,8-12H2,1-2H3,(H,16,17)/t19-/m0/s1. The summed E-state index contributed by atoms with van der Waals surface area (Å²) >= 11 is 0. The van der Waals surface area contributed by atoms with Crippen LogP contribution in [0.2, 0.25) is 18.1 Å². The minimum absolute atomic E-state index is 0.221. The largest absolute Gasteiger partial charge is 0.497 e. The van der Waals surface area contributed by atoms with E-state index in [1.807, 2.05) is 0 Å². The summed E-state index contributed by atoms with van der Waals surface area (Å²) in [6.07, 6.45) is 1.89. The molecular weight excluding hydrogens is 254 g/mol. The second-order valence-electron chi connectivity index (χ2n) is 5.36. The molecule has 0 bridgehead atoms. The summed E-state index contributed by atoms with van der Waals surface area (Å²) < 4.78 is 5.24. The third kappa shape index (κ3) is 3.18. The molecule has 1 N–H and O–H groups in total. The molecule has 1 aliphatic rings. The van der Waals surface area contributed by atoms with Gasteiger partial charge in [-0.3, -0.25) is 4.79 Å². The Morgan fingerprint density at radius 3 is 2.63 bits per heavy atom. The van der Waals surface area contributed by atoms with E-state index >= 15 is 0 Å². The van der Waals surface area contributed by atoms with Crippen molar-refractivity contribution >= 4 is 19.2 Å². The van der Waals surface area contributed by atoms with Gasteiger partial charge in [0, 0.05) is 13.0 Å². The molecule has 104 valence electrons. The quantitative estimate of drug-likeness (QED) is 0.858. The molecular formula is C15H23NO2Si. The number of carbonyl (C=O) groups excluding carboxylic acids is 1. The van der Waals surface area contributed by atoms with E-state index < -0.39 is 8.07 Å². The minimum atomic E-state index is -1.53. The average Bonchev–Trinajstić information content (AvgIpc) is 2.63. The molecule has 1 fully saturated rings. The van der Waals surface area contributed by atoms with E-state index in [1.165, 1.54) is 23.7 Å². The average molecular weight is 277 g/mol. The highest BCUT2D eigenvalue weighted by atomic mass is 28.3. The number of rotatable bonds is 4. The third-order valence-corrected chi connectivity index (χ3v) is 9.62. The Balaban J connectivity index is 2.28. The molecule has 0 aliphatic carbocycles. The molecule has 19 heavy (non-hydrogen) atoms. The summed E-state index contributed by atoms with van der Waals surface area (Å²) in [5.74, 6) is 1.13. The summed E-state index contributed by atoms with van der Waals surface area (Å²) in [7, 11) is 0.171. The lowest BCUT2D eigenvalue weighted by Crippen LogP contribution is -2.47. The first kappa shape index (κ1) is 14.1. The van der Waals surface area contributed by atoms with Crippen molar-refractivity contribution in [1.29, 1.82) is 0 Å². The first-order chi connectivity index (χ1) is 9.20. The fourth-order valence-electron chi connectivity index (χ4n) is 3.11. The number of ether oxygens (including phenoxy) is 1. The molecule has 0 radical (unpaired) electrons. The molecule has 0 unspecified atom stereocenters. The number of benzene rings is 1. The van der Waals surface area contributed by atoms with Crippen molar-refractivity contribution in [3.05, 3.63) is 24.3 Å². The molecule has 0 aromatic heterocycles. The SMILES string of the molecule is CCC[Si@@]1(c2ccc(OC)cc2)CCNC(=O)CC1. The molecule has 1 aliphatic heterocycles. The van der Waals surface area contributed by atoms with Crippen LogP contribution in [0.15, 0.2) is 24.3 Å². The van der Waals surface area contributed by atoms with Gasteiger partial charge in [-0.1, -0.05) is 36.7 Å². The Bertz CT molecular complexity index is 432. The van der Waals surface area contributed by atoms with Crippen LogP contribution in [0.5, 0.6) is 5.75 Å². The Morgan fingerprint density at radius 2 is 2.00 bits per heavy atom. The number of hydrogen-bond acceptors (Lipinski definition) is 2. The first-order valence-electron chi connectivity index (χ1n) is 7.11. The molecule has 1 aromatic rings. The third-order valence-electron chi connectivity index (χ3n) is 4.19. The second-order valence-corrected chi connectivity index (χ2v) is 10.00. The van der Waals surface area contributed by atoms with E-state index in [9.17, 15) is 4.79 Å². The van der Waals surface area contributed by atoms with Crippen LogP contribution < -0.4 is 15.2 Å². The Morgan fingerprint density at radius 1 is 1.26 bits per heavy atom. The summed E-state index contributed by atoms with van der Waals surface area (Å²) in [4.78, 5) is 11.6. The van der Waals surface area contributed by atoms with E-state index in [4.69, 9.17) is 4.74 Å². The Labute approximate surface area is 116 Å². The van der Waals surface area contributed by atoms with Crippen LogP contribution in [0.25, 0.3) is 0 Å². The molecule has 1 saturated heterocycles. The van der Waals surface area contributed by atoms with E-state index in [1.54, 1.807) is 7.11 Å². The van der Waals surface area contributed by atoms with Crippen molar-refractivity contribution in [2.75, 3.05) is 13.7 Å². The predicted octanol–water partition coefficient (Wildman–Crippen LogP) is 2.28. The lowest BCUT2D eigenvalue weighted by Gasteiger charge is -2.30. The smallest absolute Gasteiger partial charge is 0.219 e. The van der Waals surface area contributed by atoms with Gasteiger partial charge in [0.2, 0.25) is 5.91 Å². The van der Waals surface area contributed by atoms with Crippen molar-refractivity contribution < 1.29 is 9.53 Å². The highest BCUT2D eigenvalue weighted by Crippen LogP contribution is 2.26. The predicted molar refractivity (Wildman–Crippen MR) is 80.7 cm³/mol. The van der Waals surface area contributed by atoms with Crippen molar-refractivity contribution in [3.63, 3.8) is 0 Å². The minimum Gasteiger partial charge on any atom is -0.497 e. The zero-order valence-corrected chi connectivity index (χ0v) is 12.9. The highest BCUT2D eigenvalue weighted by Gasteiger charge is 2.35. The summed E-state index contributed by atoms with van der Waals surface area (Å²) in [5, 5.41) is 4.50. The topological polar surface area (TPSA) is 38.3 Å². The van der Waals surface area contributed by atoms with Gasteiger partial charge in [0.1, 0.15) is 5.75 Å². The van der Waals surface area contributed by atoms with Crippen molar-refractivity contribution in [1.82, 2.24) is 5.32 Å². The maximum atomic E-state index is 11.6. The van der Waals surface area contributed by atoms with E-state index in [2.05, 4.69) is 36.5 Å². The van der Waals surface area contributed by atoms with E-state index in [0.717, 1.165) is 18.3 Å². The molecule has 0 spiro atoms. The number of amides is 1. The van der Waals surface area contributed by atoms with Crippen LogP contribution in [0, 0.1) is 0 Å². The number of carbonyl (C=O) groups is 1. The van der Waals surface area contributed by atoms with Crippen LogP contribution in [0.3, 0.4) is 0 Å². The lowest BCUT2D eigenvalue weighted by molar-refractivity contribution is -0.120. The van der Waals surface area contributed by atoms with Crippen molar-refractivity contribution in [2.24, 2.45) is 0 Å². The number of methoxy groups -OCH3 is 1. The van der Waals surface area contributed by atoms with Gasteiger partial charge >= 0.3 is 0 Å². The number of nitrogens with one attached hydrogen (secondary N) is 1. The maximum Gasteiger partial charge on any atom is 0.219 e. The van der Waals surface area contributed by atoms with Gasteiger partial charge < -0.3 is 10.1 Å². The Kier molecular flexibility index (Phi) is 4.64. The molecule has 2 rings (SSSR count). The van der Waals surface area contributed by atoms with Crippen molar-refractivity contribution in [3.8, 4) is 5.75 Å². The van der Waals surface area contributed by atoms with E-state index in [-0.39, 0.29) is 5.91 Å². The second kappa shape index (κ2) is 6.24.